The molecule has 0 aliphatic carbocycles. The van der Waals surface area contributed by atoms with Gasteiger partial charge in [0.05, 0.1) is 4.92 Å². The average Bonchev–Trinajstić information content (AvgIpc) is 2.73. The maximum Gasteiger partial charge on any atom is 0.287 e. The molecule has 1 saturated heterocycles. The second-order valence-corrected chi connectivity index (χ2v) is 3.84. The highest BCUT2D eigenvalue weighted by atomic mass is 16.6. The lowest BCUT2D eigenvalue weighted by molar-refractivity contribution is -0.385. The monoisotopic (exact) mass is 236 g/mol. The Hall–Kier alpha value is -2.18. The van der Waals surface area contributed by atoms with Gasteiger partial charge in [-0.3, -0.25) is 14.9 Å². The number of hydrogen-bond acceptors (Lipinski definition) is 5. The summed E-state index contributed by atoms with van der Waals surface area (Å²) >= 11 is 0. The summed E-state index contributed by atoms with van der Waals surface area (Å²) in [7, 11) is 0. The number of amides is 1. The van der Waals surface area contributed by atoms with Gasteiger partial charge in [0.2, 0.25) is 5.91 Å². The Morgan fingerprint density at radius 2 is 2.41 bits per heavy atom. The third-order valence-corrected chi connectivity index (χ3v) is 2.57. The van der Waals surface area contributed by atoms with E-state index in [-0.39, 0.29) is 17.6 Å². The Kier molecular flexibility index (Phi) is 3.17. The van der Waals surface area contributed by atoms with Gasteiger partial charge >= 0.3 is 0 Å². The maximum atomic E-state index is 11.0. The van der Waals surface area contributed by atoms with Crippen molar-refractivity contribution in [3.05, 3.63) is 28.4 Å². The van der Waals surface area contributed by atoms with Crippen molar-refractivity contribution < 1.29 is 9.72 Å². The van der Waals surface area contributed by atoms with Crippen LogP contribution >= 0.6 is 0 Å². The first kappa shape index (κ1) is 11.3. The van der Waals surface area contributed by atoms with Gasteiger partial charge in [0.25, 0.3) is 5.69 Å². The third kappa shape index (κ3) is 2.90. The molecule has 0 radical (unpaired) electrons. The van der Waals surface area contributed by atoms with Crippen LogP contribution in [0.2, 0.25) is 0 Å². The summed E-state index contributed by atoms with van der Waals surface area (Å²) in [6, 6.07) is 3.05. The fourth-order valence-corrected chi connectivity index (χ4v) is 1.66. The van der Waals surface area contributed by atoms with Gasteiger partial charge in [-0.1, -0.05) is 0 Å². The minimum Gasteiger partial charge on any atom is -0.368 e. The highest BCUT2D eigenvalue weighted by Crippen LogP contribution is 2.12. The highest BCUT2D eigenvalue weighted by molar-refractivity contribution is 5.78. The largest absolute Gasteiger partial charge is 0.368 e. The molecule has 2 heterocycles. The normalized spacial score (nSPS) is 18.8. The molecule has 1 amide bonds. The molecular formula is C10H12N4O3. The summed E-state index contributed by atoms with van der Waals surface area (Å²) in [5.41, 5.74) is -0.0373. The van der Waals surface area contributed by atoms with E-state index in [1.54, 1.807) is 6.07 Å². The molecule has 1 aliphatic heterocycles. The molecule has 2 rings (SSSR count). The van der Waals surface area contributed by atoms with E-state index < -0.39 is 4.92 Å². The van der Waals surface area contributed by atoms with E-state index in [0.717, 1.165) is 6.42 Å². The summed E-state index contributed by atoms with van der Waals surface area (Å²) in [4.78, 5) is 24.8. The Balaban J connectivity index is 1.87. The quantitative estimate of drug-likeness (QED) is 0.591. The zero-order valence-corrected chi connectivity index (χ0v) is 9.05. The van der Waals surface area contributed by atoms with Crippen LogP contribution in [0.25, 0.3) is 0 Å². The highest BCUT2D eigenvalue weighted by Gasteiger charge is 2.20. The van der Waals surface area contributed by atoms with Crippen LogP contribution in [-0.4, -0.2) is 28.4 Å². The second kappa shape index (κ2) is 4.77. The van der Waals surface area contributed by atoms with E-state index in [1.807, 2.05) is 0 Å². The topological polar surface area (TPSA) is 97.2 Å². The van der Waals surface area contributed by atoms with Gasteiger partial charge in [-0.25, -0.2) is 4.98 Å². The molecule has 1 aromatic rings. The zero-order chi connectivity index (χ0) is 12.3. The molecule has 7 heteroatoms. The molecule has 0 saturated carbocycles. The van der Waals surface area contributed by atoms with Gasteiger partial charge in [-0.2, -0.15) is 0 Å². The minimum atomic E-state index is -0.492. The van der Waals surface area contributed by atoms with Crippen molar-refractivity contribution in [2.45, 2.75) is 18.9 Å². The first-order valence-corrected chi connectivity index (χ1v) is 5.29. The van der Waals surface area contributed by atoms with Gasteiger partial charge in [-0.15, -0.1) is 0 Å². The summed E-state index contributed by atoms with van der Waals surface area (Å²) < 4.78 is 0. The van der Waals surface area contributed by atoms with Gasteiger partial charge in [0, 0.05) is 25.1 Å². The van der Waals surface area contributed by atoms with Crippen LogP contribution in [0.15, 0.2) is 18.3 Å². The molecule has 0 bridgehead atoms. The first-order valence-electron chi connectivity index (χ1n) is 5.29. The number of nitro groups is 1. The van der Waals surface area contributed by atoms with Crippen molar-refractivity contribution in [2.24, 2.45) is 0 Å². The van der Waals surface area contributed by atoms with Gasteiger partial charge in [-0.05, 0) is 12.5 Å². The van der Waals surface area contributed by atoms with E-state index in [9.17, 15) is 14.9 Å². The molecule has 7 nitrogen and oxygen atoms in total. The van der Waals surface area contributed by atoms with Crippen molar-refractivity contribution in [3.63, 3.8) is 0 Å². The minimum absolute atomic E-state index is 0.0373. The van der Waals surface area contributed by atoms with E-state index >= 15 is 0 Å². The number of rotatable bonds is 4. The number of anilines is 1. The summed E-state index contributed by atoms with van der Waals surface area (Å²) in [6.45, 7) is 0.580. The van der Waals surface area contributed by atoms with Crippen LogP contribution in [-0.2, 0) is 4.79 Å². The molecule has 17 heavy (non-hydrogen) atoms. The molecule has 90 valence electrons. The number of nitrogens with one attached hydrogen (secondary N) is 2. The number of hydrogen-bond donors (Lipinski definition) is 2. The van der Waals surface area contributed by atoms with E-state index in [4.69, 9.17) is 0 Å². The van der Waals surface area contributed by atoms with Crippen LogP contribution in [0.4, 0.5) is 11.5 Å². The SMILES string of the molecule is O=C1CC[C@@H](CNc2ccc([N+](=O)[O-])cn2)N1. The Labute approximate surface area is 97.4 Å². The third-order valence-electron chi connectivity index (χ3n) is 2.57. The molecule has 2 N–H and O–H groups in total. The van der Waals surface area contributed by atoms with E-state index in [0.29, 0.717) is 18.8 Å². The Bertz CT molecular complexity index is 432. The number of aromatic nitrogens is 1. The Morgan fingerprint density at radius 1 is 1.59 bits per heavy atom. The fourth-order valence-electron chi connectivity index (χ4n) is 1.66. The molecule has 1 aromatic heterocycles. The van der Waals surface area contributed by atoms with E-state index in [1.165, 1.54) is 12.3 Å². The van der Waals surface area contributed by atoms with Crippen LogP contribution in [0.1, 0.15) is 12.8 Å². The second-order valence-electron chi connectivity index (χ2n) is 3.84. The fraction of sp³-hybridized carbons (Fsp3) is 0.400. The van der Waals surface area contributed by atoms with Gasteiger partial charge in [0.15, 0.2) is 0 Å². The smallest absolute Gasteiger partial charge is 0.287 e. The number of carbonyl (C=O) groups excluding carboxylic acids is 1. The molecular weight excluding hydrogens is 224 g/mol. The molecule has 0 aromatic carbocycles. The van der Waals surface area contributed by atoms with Gasteiger partial charge < -0.3 is 10.6 Å². The van der Waals surface area contributed by atoms with E-state index in [2.05, 4.69) is 15.6 Å². The van der Waals surface area contributed by atoms with Crippen LogP contribution in [0.3, 0.4) is 0 Å². The molecule has 0 unspecified atom stereocenters. The first-order chi connectivity index (χ1) is 8.15. The van der Waals surface area contributed by atoms with Crippen molar-refractivity contribution in [2.75, 3.05) is 11.9 Å². The molecule has 0 spiro atoms. The van der Waals surface area contributed by atoms with Crippen LogP contribution in [0.5, 0.6) is 0 Å². The molecule has 1 aliphatic rings. The lowest BCUT2D eigenvalue weighted by Gasteiger charge is -2.11. The predicted octanol–water partition coefficient (Wildman–Crippen LogP) is 0.680. The average molecular weight is 236 g/mol. The van der Waals surface area contributed by atoms with Gasteiger partial charge in [0.1, 0.15) is 12.0 Å². The number of carbonyl (C=O) groups is 1. The lowest BCUT2D eigenvalue weighted by Crippen LogP contribution is -2.31. The Morgan fingerprint density at radius 3 is 2.94 bits per heavy atom. The van der Waals surface area contributed by atoms with Crippen molar-refractivity contribution in [1.82, 2.24) is 10.3 Å². The maximum absolute atomic E-state index is 11.0. The summed E-state index contributed by atoms with van der Waals surface area (Å²) in [6.07, 6.45) is 2.56. The number of pyridine rings is 1. The van der Waals surface area contributed by atoms with Crippen LogP contribution in [0, 0.1) is 10.1 Å². The van der Waals surface area contributed by atoms with Crippen LogP contribution < -0.4 is 10.6 Å². The lowest BCUT2D eigenvalue weighted by atomic mass is 10.2. The van der Waals surface area contributed by atoms with Crippen molar-refractivity contribution in [3.8, 4) is 0 Å². The molecule has 1 fully saturated rings. The zero-order valence-electron chi connectivity index (χ0n) is 9.05. The number of nitrogens with zero attached hydrogens (tertiary/aromatic N) is 2. The van der Waals surface area contributed by atoms with Crippen molar-refractivity contribution in [1.29, 1.82) is 0 Å². The standard InChI is InChI=1S/C10H12N4O3/c15-10-4-1-7(13-10)5-11-9-3-2-8(6-12-9)14(16)17/h2-3,6-7H,1,4-5H2,(H,11,12)(H,13,15)/t7-/m0/s1. The summed E-state index contributed by atoms with van der Waals surface area (Å²) in [5.74, 6) is 0.630. The molecule has 1 atom stereocenters. The summed E-state index contributed by atoms with van der Waals surface area (Å²) in [5, 5.41) is 16.3. The van der Waals surface area contributed by atoms with Crippen molar-refractivity contribution >= 4 is 17.4 Å². The predicted molar refractivity (Wildman–Crippen MR) is 60.5 cm³/mol.